The van der Waals surface area contributed by atoms with Crippen molar-refractivity contribution in [3.63, 3.8) is 0 Å². The van der Waals surface area contributed by atoms with Gasteiger partial charge < -0.3 is 60.8 Å². The Kier molecular flexibility index (Phi) is 31.4. The maximum atomic E-state index is 10.1. The summed E-state index contributed by atoms with van der Waals surface area (Å²) in [5.74, 6) is -9.08. The van der Waals surface area contributed by atoms with Crippen LogP contribution in [0.25, 0.3) is 0 Å². The topological polar surface area (TPSA) is 257 Å². The van der Waals surface area contributed by atoms with Gasteiger partial charge in [0.15, 0.2) is 0 Å². The number of carboxylic acid groups (broad SMARTS) is 5. The maximum absolute atomic E-state index is 10.1. The summed E-state index contributed by atoms with van der Waals surface area (Å²) in [6.07, 6.45) is -1.95. The summed E-state index contributed by atoms with van der Waals surface area (Å²) < 4.78 is 0. The number of rotatable bonds is 7. The van der Waals surface area contributed by atoms with Crippen LogP contribution in [0, 0.1) is 0 Å². The molecule has 0 saturated carbocycles. The van der Waals surface area contributed by atoms with E-state index in [0.29, 0.717) is 12.2 Å². The van der Waals surface area contributed by atoms with E-state index in [0.717, 1.165) is 0 Å². The molecule has 5 N–H and O–H groups in total. The molecule has 15 heteroatoms. The van der Waals surface area contributed by atoms with Gasteiger partial charge in [0, 0.05) is 24.8 Å². The molecule has 0 saturated heterocycles. The summed E-state index contributed by atoms with van der Waals surface area (Å²) in [6, 6.07) is 0. The Morgan fingerprint density at radius 2 is 1.00 bits per heavy atom. The van der Waals surface area contributed by atoms with E-state index in [1.54, 1.807) is 0 Å². The number of quaternary nitrogens is 1. The van der Waals surface area contributed by atoms with E-state index in [2.05, 4.69) is 0 Å². The van der Waals surface area contributed by atoms with Crippen LogP contribution in [-0.4, -0.2) is 40.6 Å². The third kappa shape index (κ3) is 25.9. The van der Waals surface area contributed by atoms with Crippen molar-refractivity contribution in [2.24, 2.45) is 0 Å². The Morgan fingerprint density at radius 3 is 1.12 bits per heavy atom. The normalized spacial score (nSPS) is 8.68. The molecular formula is C10H11FeNNa2O11+. The largest absolute Gasteiger partial charge is 3.00 e. The summed E-state index contributed by atoms with van der Waals surface area (Å²) in [7, 11) is 0. The third-order valence-corrected chi connectivity index (χ3v) is 1.61. The van der Waals surface area contributed by atoms with Crippen LogP contribution in [0.1, 0.15) is 12.8 Å². The first kappa shape index (κ1) is 39.6. The van der Waals surface area contributed by atoms with Crippen molar-refractivity contribution >= 4 is 29.8 Å². The molecule has 0 aliphatic carbocycles. The molecule has 0 spiro atoms. The van der Waals surface area contributed by atoms with Gasteiger partial charge in [-0.05, 0) is 12.2 Å². The van der Waals surface area contributed by atoms with Crippen molar-refractivity contribution in [2.45, 2.75) is 18.4 Å². The van der Waals surface area contributed by atoms with Gasteiger partial charge in [0.2, 0.25) is 0 Å². The second-order valence-corrected chi connectivity index (χ2v) is 3.39. The summed E-state index contributed by atoms with van der Waals surface area (Å²) in [5, 5.41) is 57.8. The molecule has 0 heterocycles. The minimum absolute atomic E-state index is 0. The van der Waals surface area contributed by atoms with E-state index in [9.17, 15) is 49.5 Å². The zero-order valence-corrected chi connectivity index (χ0v) is 18.6. The van der Waals surface area contributed by atoms with Crippen LogP contribution in [0.5, 0.6) is 0 Å². The van der Waals surface area contributed by atoms with Crippen LogP contribution >= 0.6 is 0 Å². The van der Waals surface area contributed by atoms with Gasteiger partial charge in [0.1, 0.15) is 5.60 Å². The molecule has 0 aliphatic rings. The SMILES string of the molecule is O=C([O-])/C=C/C(=O)[O-].O=C([O-])CC(O)(CC(=O)[O-])C(=O)[O-].[Fe+3].[NH4+].[Na+].[Na+]. The smallest absolute Gasteiger partial charge is 0.550 e. The predicted octanol–water partition coefficient (Wildman–Crippen LogP) is -13.8. The first-order valence-corrected chi connectivity index (χ1v) is 4.84. The second-order valence-electron chi connectivity index (χ2n) is 3.39. The van der Waals surface area contributed by atoms with Crippen molar-refractivity contribution in [2.75, 3.05) is 0 Å². The Morgan fingerprint density at radius 1 is 0.760 bits per heavy atom. The number of carbonyl (C=O) groups excluding carboxylic acids is 5. The average molecular weight is 423 g/mol. The van der Waals surface area contributed by atoms with Gasteiger partial charge in [0.25, 0.3) is 0 Å². The molecule has 0 atom stereocenters. The molecule has 12 nitrogen and oxygen atoms in total. The molecule has 0 aromatic rings. The Bertz CT molecular complexity index is 451. The fraction of sp³-hybridized carbons (Fsp3) is 0.300. The standard InChI is InChI=1S/C6H8O7.C4H4O4.Fe.H3N.2Na/c7-3(8)1-6(13,5(11)12)2-4(9)10;5-3(6)1-2-4(7)8;;;;/h13H,1-2H2,(H,7,8)(H,9,10)(H,11,12);1-2H,(H,5,6)(H,7,8);;1H3;;/q;;+3;;2*+1/p-4/b;2-1+;;;;. The van der Waals surface area contributed by atoms with Gasteiger partial charge in [-0.1, -0.05) is 0 Å². The molecule has 1 radical (unpaired) electrons. The zero-order valence-electron chi connectivity index (χ0n) is 13.5. The van der Waals surface area contributed by atoms with E-state index in [-0.39, 0.29) is 82.3 Å². The predicted molar refractivity (Wildman–Crippen MR) is 54.3 cm³/mol. The summed E-state index contributed by atoms with van der Waals surface area (Å²) in [4.78, 5) is 48.8. The van der Waals surface area contributed by atoms with Crippen molar-refractivity contribution in [3.05, 3.63) is 12.2 Å². The molecule has 0 amide bonds. The number of carboxylic acids is 5. The van der Waals surface area contributed by atoms with Gasteiger partial charge >= 0.3 is 76.2 Å². The summed E-state index contributed by atoms with van der Waals surface area (Å²) in [5.41, 5.74) is -2.97. The Labute approximate surface area is 195 Å². The molecule has 0 aliphatic heterocycles. The van der Waals surface area contributed by atoms with Crippen molar-refractivity contribution in [1.82, 2.24) is 6.15 Å². The molecular weight excluding hydrogens is 412 g/mol. The van der Waals surface area contributed by atoms with Crippen LogP contribution in [0.2, 0.25) is 0 Å². The fourth-order valence-corrected chi connectivity index (χ4v) is 0.820. The Hall–Kier alpha value is -0.471. The Balaban J connectivity index is -0.0000000671. The van der Waals surface area contributed by atoms with Gasteiger partial charge in [-0.25, -0.2) is 0 Å². The van der Waals surface area contributed by atoms with Gasteiger partial charge in [0.05, 0.1) is 17.9 Å². The summed E-state index contributed by atoms with van der Waals surface area (Å²) >= 11 is 0. The quantitative estimate of drug-likeness (QED) is 0.287. The molecule has 0 bridgehead atoms. The number of hydrogen-bond donors (Lipinski definition) is 2. The van der Waals surface area contributed by atoms with Crippen LogP contribution in [0.3, 0.4) is 0 Å². The van der Waals surface area contributed by atoms with E-state index >= 15 is 0 Å². The zero-order chi connectivity index (χ0) is 17.2. The van der Waals surface area contributed by atoms with E-state index < -0.39 is 48.3 Å². The van der Waals surface area contributed by atoms with Crippen molar-refractivity contribution in [3.8, 4) is 0 Å². The molecule has 131 valence electrons. The number of carbonyl (C=O) groups is 5. The van der Waals surface area contributed by atoms with E-state index in [1.165, 1.54) is 0 Å². The molecule has 0 unspecified atom stereocenters. The average Bonchev–Trinajstić information content (AvgIpc) is 2.24. The van der Waals surface area contributed by atoms with Gasteiger partial charge in [-0.15, -0.1) is 0 Å². The van der Waals surface area contributed by atoms with Crippen molar-refractivity contribution < 1.29 is 131 Å². The van der Waals surface area contributed by atoms with Gasteiger partial charge in [-0.3, -0.25) is 0 Å². The number of aliphatic carboxylic acids is 5. The minimum atomic E-state index is -2.97. The summed E-state index contributed by atoms with van der Waals surface area (Å²) in [6.45, 7) is 0. The number of aliphatic hydroxyl groups is 1. The van der Waals surface area contributed by atoms with Crippen LogP contribution in [-0.2, 0) is 41.0 Å². The molecule has 0 fully saturated rings. The third-order valence-electron chi connectivity index (χ3n) is 1.61. The van der Waals surface area contributed by atoms with Crippen LogP contribution in [0.4, 0.5) is 0 Å². The van der Waals surface area contributed by atoms with Crippen molar-refractivity contribution in [1.29, 1.82) is 0 Å². The van der Waals surface area contributed by atoms with E-state index in [1.807, 2.05) is 0 Å². The second kappa shape index (κ2) is 19.8. The number of hydrogen-bond acceptors (Lipinski definition) is 11. The van der Waals surface area contributed by atoms with Crippen LogP contribution in [0.15, 0.2) is 12.2 Å². The molecule has 0 aromatic heterocycles. The van der Waals surface area contributed by atoms with Gasteiger partial charge in [-0.2, -0.15) is 0 Å². The van der Waals surface area contributed by atoms with Crippen LogP contribution < -0.4 is 90.8 Å². The first-order chi connectivity index (χ1) is 9.40. The first-order valence-electron chi connectivity index (χ1n) is 4.84. The minimum Gasteiger partial charge on any atom is -0.550 e. The molecule has 0 rings (SSSR count). The maximum Gasteiger partial charge on any atom is 3.00 e. The molecule has 0 aromatic carbocycles. The molecule has 25 heavy (non-hydrogen) atoms. The van der Waals surface area contributed by atoms with E-state index in [4.69, 9.17) is 5.11 Å². The monoisotopic (exact) mass is 423 g/mol. The fourth-order valence-electron chi connectivity index (χ4n) is 0.820.